The first-order valence-corrected chi connectivity index (χ1v) is 3.81. The number of aryl methyl sites for hydroxylation is 1. The lowest BCUT2D eigenvalue weighted by Gasteiger charge is -1.98. The van der Waals surface area contributed by atoms with Crippen LogP contribution in [0.5, 0.6) is 0 Å². The first-order chi connectivity index (χ1) is 5.68. The number of H-pyrrole nitrogens is 1. The molecule has 0 radical (unpaired) electrons. The molecule has 0 amide bonds. The number of aromatic nitrogens is 1. The number of aliphatic hydroxyl groups is 1. The highest BCUT2D eigenvalue weighted by Crippen LogP contribution is 2.30. The minimum atomic E-state index is -0.975. The van der Waals surface area contributed by atoms with E-state index in [1.807, 2.05) is 0 Å². The number of fused-ring (bicyclic) bond motifs is 1. The number of carbonyl (C=O) groups is 1. The number of nitrogens with one attached hydrogen (secondary N) is 1. The Morgan fingerprint density at radius 3 is 3.00 bits per heavy atom. The number of aromatic amines is 1. The monoisotopic (exact) mass is 167 g/mol. The van der Waals surface area contributed by atoms with Crippen molar-refractivity contribution in [1.29, 1.82) is 0 Å². The van der Waals surface area contributed by atoms with Crippen molar-refractivity contribution >= 4 is 5.97 Å². The maximum atomic E-state index is 10.5. The van der Waals surface area contributed by atoms with Gasteiger partial charge in [0.1, 0.15) is 5.69 Å². The number of aliphatic hydroxyl groups excluding tert-OH is 1. The molecule has 12 heavy (non-hydrogen) atoms. The van der Waals surface area contributed by atoms with E-state index in [1.54, 1.807) is 6.07 Å². The van der Waals surface area contributed by atoms with Crippen molar-refractivity contribution in [3.8, 4) is 0 Å². The van der Waals surface area contributed by atoms with Crippen LogP contribution in [0.15, 0.2) is 6.07 Å². The summed E-state index contributed by atoms with van der Waals surface area (Å²) in [5.74, 6) is -0.975. The summed E-state index contributed by atoms with van der Waals surface area (Å²) < 4.78 is 0. The fourth-order valence-corrected chi connectivity index (χ4v) is 1.57. The lowest BCUT2D eigenvalue weighted by molar-refractivity contribution is 0.0690. The molecule has 1 aliphatic carbocycles. The number of carboxylic acid groups (broad SMARTS) is 1. The maximum Gasteiger partial charge on any atom is 0.352 e. The summed E-state index contributed by atoms with van der Waals surface area (Å²) in [5.41, 5.74) is 1.77. The number of hydrogen-bond donors (Lipinski definition) is 3. The summed E-state index contributed by atoms with van der Waals surface area (Å²) in [6.45, 7) is 0. The summed E-state index contributed by atoms with van der Waals surface area (Å²) in [6.07, 6.45) is 0.953. The van der Waals surface area contributed by atoms with E-state index in [4.69, 9.17) is 5.11 Å². The average molecular weight is 167 g/mol. The van der Waals surface area contributed by atoms with Gasteiger partial charge < -0.3 is 15.2 Å². The zero-order chi connectivity index (χ0) is 8.72. The highest BCUT2D eigenvalue weighted by atomic mass is 16.4. The molecule has 0 spiro atoms. The van der Waals surface area contributed by atoms with Crippen LogP contribution >= 0.6 is 0 Å². The highest BCUT2D eigenvalue weighted by Gasteiger charge is 2.24. The van der Waals surface area contributed by atoms with Gasteiger partial charge in [0.15, 0.2) is 0 Å². The number of aromatic carboxylic acids is 1. The van der Waals surface area contributed by atoms with Gasteiger partial charge in [-0.2, -0.15) is 0 Å². The van der Waals surface area contributed by atoms with Gasteiger partial charge in [0, 0.05) is 5.69 Å². The summed E-state index contributed by atoms with van der Waals surface area (Å²) in [6, 6.07) is 1.59. The molecule has 64 valence electrons. The first kappa shape index (κ1) is 7.36. The van der Waals surface area contributed by atoms with Crippen LogP contribution < -0.4 is 0 Å². The quantitative estimate of drug-likeness (QED) is 0.576. The van der Waals surface area contributed by atoms with Crippen LogP contribution in [0.3, 0.4) is 0 Å². The second kappa shape index (κ2) is 2.35. The van der Waals surface area contributed by atoms with Crippen LogP contribution in [0.2, 0.25) is 0 Å². The van der Waals surface area contributed by atoms with Gasteiger partial charge in [0.05, 0.1) is 6.10 Å². The van der Waals surface area contributed by atoms with Crippen LogP contribution in [0.1, 0.15) is 34.3 Å². The molecule has 4 nitrogen and oxygen atoms in total. The molecule has 1 unspecified atom stereocenters. The Morgan fingerprint density at radius 2 is 2.42 bits per heavy atom. The number of carboxylic acids is 1. The van der Waals surface area contributed by atoms with E-state index < -0.39 is 12.1 Å². The Balaban J connectivity index is 2.43. The molecule has 1 heterocycles. The molecule has 1 aromatic rings. The van der Waals surface area contributed by atoms with Gasteiger partial charge in [-0.1, -0.05) is 0 Å². The van der Waals surface area contributed by atoms with Gasteiger partial charge in [0.25, 0.3) is 0 Å². The summed E-state index contributed by atoms with van der Waals surface area (Å²) in [7, 11) is 0. The second-order valence-electron chi connectivity index (χ2n) is 2.98. The summed E-state index contributed by atoms with van der Waals surface area (Å²) in [4.78, 5) is 13.2. The largest absolute Gasteiger partial charge is 0.477 e. The molecule has 3 N–H and O–H groups in total. The Labute approximate surface area is 68.8 Å². The van der Waals surface area contributed by atoms with E-state index in [0.717, 1.165) is 12.0 Å². The van der Waals surface area contributed by atoms with E-state index in [2.05, 4.69) is 4.98 Å². The lowest BCUT2D eigenvalue weighted by atomic mass is 10.2. The number of rotatable bonds is 1. The molecule has 1 aromatic heterocycles. The van der Waals surface area contributed by atoms with Crippen LogP contribution in [-0.2, 0) is 6.42 Å². The third-order valence-corrected chi connectivity index (χ3v) is 2.18. The predicted octanol–water partition coefficient (Wildman–Crippen LogP) is 0.693. The Hall–Kier alpha value is -1.29. The molecule has 4 heteroatoms. The van der Waals surface area contributed by atoms with E-state index in [1.165, 1.54) is 0 Å². The van der Waals surface area contributed by atoms with Crippen LogP contribution in [-0.4, -0.2) is 21.2 Å². The van der Waals surface area contributed by atoms with E-state index in [-0.39, 0.29) is 5.69 Å². The second-order valence-corrected chi connectivity index (χ2v) is 2.98. The third-order valence-electron chi connectivity index (χ3n) is 2.18. The molecule has 0 aromatic carbocycles. The molecule has 0 fully saturated rings. The predicted molar refractivity (Wildman–Crippen MR) is 41.0 cm³/mol. The SMILES string of the molecule is O=C(O)c1cc2c([nH]1)C(O)CC2. The fraction of sp³-hybridized carbons (Fsp3) is 0.375. The van der Waals surface area contributed by atoms with Crippen LogP contribution in [0, 0.1) is 0 Å². The van der Waals surface area contributed by atoms with Gasteiger partial charge in [-0.25, -0.2) is 4.79 Å². The van der Waals surface area contributed by atoms with Crippen molar-refractivity contribution in [1.82, 2.24) is 4.98 Å². The fourth-order valence-electron chi connectivity index (χ4n) is 1.57. The highest BCUT2D eigenvalue weighted by molar-refractivity contribution is 5.86. The average Bonchev–Trinajstić information content (AvgIpc) is 2.53. The Bertz CT molecular complexity index is 329. The smallest absolute Gasteiger partial charge is 0.352 e. The van der Waals surface area contributed by atoms with Crippen LogP contribution in [0.4, 0.5) is 0 Å². The van der Waals surface area contributed by atoms with Crippen molar-refractivity contribution in [2.75, 3.05) is 0 Å². The molecule has 1 atom stereocenters. The maximum absolute atomic E-state index is 10.5. The first-order valence-electron chi connectivity index (χ1n) is 3.81. The van der Waals surface area contributed by atoms with Crippen molar-refractivity contribution in [3.05, 3.63) is 23.0 Å². The molecule has 0 saturated carbocycles. The molecular formula is C8H9NO3. The van der Waals surface area contributed by atoms with Gasteiger partial charge in [0.2, 0.25) is 0 Å². The topological polar surface area (TPSA) is 73.3 Å². The zero-order valence-corrected chi connectivity index (χ0v) is 6.37. The molecule has 0 bridgehead atoms. The molecule has 1 aliphatic rings. The Kier molecular flexibility index (Phi) is 1.44. The van der Waals surface area contributed by atoms with Crippen molar-refractivity contribution in [3.63, 3.8) is 0 Å². The van der Waals surface area contributed by atoms with Crippen molar-refractivity contribution in [2.24, 2.45) is 0 Å². The molecule has 0 saturated heterocycles. The summed E-state index contributed by atoms with van der Waals surface area (Å²) >= 11 is 0. The number of hydrogen-bond acceptors (Lipinski definition) is 2. The van der Waals surface area contributed by atoms with Crippen LogP contribution in [0.25, 0.3) is 0 Å². The summed E-state index contributed by atoms with van der Waals surface area (Å²) in [5, 5.41) is 18.0. The van der Waals surface area contributed by atoms with Gasteiger partial charge >= 0.3 is 5.97 Å². The van der Waals surface area contributed by atoms with Crippen molar-refractivity contribution in [2.45, 2.75) is 18.9 Å². The molecule has 0 aliphatic heterocycles. The van der Waals surface area contributed by atoms with E-state index >= 15 is 0 Å². The minimum Gasteiger partial charge on any atom is -0.477 e. The zero-order valence-electron chi connectivity index (χ0n) is 6.37. The van der Waals surface area contributed by atoms with Gasteiger partial charge in [-0.05, 0) is 24.5 Å². The van der Waals surface area contributed by atoms with Gasteiger partial charge in [-0.3, -0.25) is 0 Å². The lowest BCUT2D eigenvalue weighted by Crippen LogP contribution is -1.98. The van der Waals surface area contributed by atoms with E-state index in [9.17, 15) is 9.90 Å². The standard InChI is InChI=1S/C8H9NO3/c10-6-2-1-4-3-5(8(11)12)9-7(4)6/h3,6,9-10H,1-2H2,(H,11,12). The molecular weight excluding hydrogens is 158 g/mol. The molecule has 2 rings (SSSR count). The normalized spacial score (nSPS) is 20.9. The minimum absolute atomic E-state index is 0.166. The third kappa shape index (κ3) is 0.921. The van der Waals surface area contributed by atoms with Crippen molar-refractivity contribution < 1.29 is 15.0 Å². The van der Waals surface area contributed by atoms with E-state index in [0.29, 0.717) is 12.1 Å². The Morgan fingerprint density at radius 1 is 1.67 bits per heavy atom. The van der Waals surface area contributed by atoms with Gasteiger partial charge in [-0.15, -0.1) is 0 Å².